The van der Waals surface area contributed by atoms with Crippen LogP contribution in [0.2, 0.25) is 0 Å². The van der Waals surface area contributed by atoms with Gasteiger partial charge >= 0.3 is 5.97 Å². The largest absolute Gasteiger partial charge is 0.454 e. The van der Waals surface area contributed by atoms with Crippen LogP contribution in [0.15, 0.2) is 18.2 Å². The lowest BCUT2D eigenvalue weighted by Crippen LogP contribution is -2.27. The molecule has 0 atom stereocenters. The molecule has 0 heterocycles. The maximum atomic E-state index is 12.2. The Morgan fingerprint density at radius 2 is 1.86 bits per heavy atom. The summed E-state index contributed by atoms with van der Waals surface area (Å²) in [6.45, 7) is 4.81. The van der Waals surface area contributed by atoms with Crippen molar-refractivity contribution < 1.29 is 19.2 Å². The molecule has 1 aromatic carbocycles. The Bertz CT molecular complexity index is 602. The Balaban J connectivity index is 3.03. The van der Waals surface area contributed by atoms with Gasteiger partial charge in [0.25, 0.3) is 5.69 Å². The molecule has 0 saturated carbocycles. The fraction of sp³-hybridized carbons (Fsp3) is 0.467. The second-order valence-electron chi connectivity index (χ2n) is 6.10. The number of nitro benzene ring substituents is 1. The number of benzene rings is 1. The second kappa shape index (κ2) is 6.55. The minimum atomic E-state index is -0.759. The number of ketones is 1. The lowest BCUT2D eigenvalue weighted by molar-refractivity contribution is -0.384. The van der Waals surface area contributed by atoms with Crippen molar-refractivity contribution in [2.45, 2.75) is 20.8 Å². The molecule has 0 aliphatic heterocycles. The van der Waals surface area contributed by atoms with Crippen molar-refractivity contribution in [3.63, 3.8) is 0 Å². The van der Waals surface area contributed by atoms with Crippen LogP contribution in [-0.4, -0.2) is 37.4 Å². The number of ether oxygens (including phenoxy) is 1. The zero-order chi connectivity index (χ0) is 17.1. The number of carbonyl (C=O) groups is 2. The molecule has 0 radical (unpaired) electrons. The first-order valence-corrected chi connectivity index (χ1v) is 6.70. The quantitative estimate of drug-likeness (QED) is 0.471. The van der Waals surface area contributed by atoms with Crippen molar-refractivity contribution in [2.24, 2.45) is 5.41 Å². The predicted molar refractivity (Wildman–Crippen MR) is 82.2 cm³/mol. The monoisotopic (exact) mass is 308 g/mol. The highest BCUT2D eigenvalue weighted by Crippen LogP contribution is 2.25. The molecule has 0 spiro atoms. The van der Waals surface area contributed by atoms with Crippen LogP contribution >= 0.6 is 0 Å². The summed E-state index contributed by atoms with van der Waals surface area (Å²) >= 11 is 0. The molecule has 0 amide bonds. The van der Waals surface area contributed by atoms with Crippen LogP contribution in [0.5, 0.6) is 0 Å². The van der Waals surface area contributed by atoms with Crippen LogP contribution in [0, 0.1) is 15.5 Å². The van der Waals surface area contributed by atoms with Crippen molar-refractivity contribution >= 4 is 23.1 Å². The Morgan fingerprint density at radius 3 is 2.32 bits per heavy atom. The van der Waals surface area contributed by atoms with E-state index in [2.05, 4.69) is 0 Å². The number of esters is 1. The Hall–Kier alpha value is -2.44. The highest BCUT2D eigenvalue weighted by Gasteiger charge is 2.24. The third-order valence-corrected chi connectivity index (χ3v) is 3.06. The smallest absolute Gasteiger partial charge is 0.340 e. The Kier molecular flexibility index (Phi) is 5.24. The van der Waals surface area contributed by atoms with Crippen LogP contribution < -0.4 is 4.90 Å². The summed E-state index contributed by atoms with van der Waals surface area (Å²) < 4.78 is 5.00. The van der Waals surface area contributed by atoms with E-state index >= 15 is 0 Å². The molecule has 0 fully saturated rings. The molecule has 7 nitrogen and oxygen atoms in total. The lowest BCUT2D eigenvalue weighted by atomic mass is 9.91. The Morgan fingerprint density at radius 1 is 1.27 bits per heavy atom. The topological polar surface area (TPSA) is 89.8 Å². The molecule has 0 N–H and O–H groups in total. The van der Waals surface area contributed by atoms with Crippen LogP contribution in [0.1, 0.15) is 31.1 Å². The van der Waals surface area contributed by atoms with E-state index in [-0.39, 0.29) is 23.6 Å². The van der Waals surface area contributed by atoms with E-state index in [0.717, 1.165) is 6.07 Å². The van der Waals surface area contributed by atoms with Crippen molar-refractivity contribution in [1.29, 1.82) is 0 Å². The number of non-ortho nitro benzene ring substituents is 1. The molecular formula is C15H20N2O5. The predicted octanol–water partition coefficient (Wildman–Crippen LogP) is 2.43. The van der Waals surface area contributed by atoms with Gasteiger partial charge in [-0.15, -0.1) is 0 Å². The lowest BCUT2D eigenvalue weighted by Gasteiger charge is -2.18. The van der Waals surface area contributed by atoms with E-state index in [4.69, 9.17) is 4.74 Å². The summed E-state index contributed by atoms with van der Waals surface area (Å²) in [7, 11) is 3.41. The molecule has 22 heavy (non-hydrogen) atoms. The molecule has 120 valence electrons. The van der Waals surface area contributed by atoms with Crippen LogP contribution in [0.3, 0.4) is 0 Å². The van der Waals surface area contributed by atoms with Crippen LogP contribution in [0.25, 0.3) is 0 Å². The van der Waals surface area contributed by atoms with Gasteiger partial charge in [0.2, 0.25) is 0 Å². The third-order valence-electron chi connectivity index (χ3n) is 3.06. The van der Waals surface area contributed by atoms with Gasteiger partial charge in [0.05, 0.1) is 16.2 Å². The van der Waals surface area contributed by atoms with Crippen molar-refractivity contribution in [1.82, 2.24) is 0 Å². The van der Waals surface area contributed by atoms with Crippen molar-refractivity contribution in [2.75, 3.05) is 25.6 Å². The maximum Gasteiger partial charge on any atom is 0.340 e. The first-order valence-electron chi connectivity index (χ1n) is 6.70. The molecule has 0 aliphatic rings. The molecule has 7 heteroatoms. The van der Waals surface area contributed by atoms with Crippen LogP contribution in [0.4, 0.5) is 11.4 Å². The number of hydrogen-bond acceptors (Lipinski definition) is 6. The normalized spacial score (nSPS) is 11.0. The van der Waals surface area contributed by atoms with Crippen molar-refractivity contribution in [3.8, 4) is 0 Å². The highest BCUT2D eigenvalue weighted by molar-refractivity contribution is 5.98. The number of anilines is 1. The number of nitro groups is 1. The average Bonchev–Trinajstić information content (AvgIpc) is 2.42. The molecule has 1 aromatic rings. The maximum absolute atomic E-state index is 12.2. The molecule has 1 rings (SSSR count). The van der Waals surface area contributed by atoms with E-state index in [1.807, 2.05) is 0 Å². The highest BCUT2D eigenvalue weighted by atomic mass is 16.6. The summed E-state index contributed by atoms with van der Waals surface area (Å²) in [5, 5.41) is 10.8. The molecule has 0 aliphatic carbocycles. The van der Waals surface area contributed by atoms with Crippen molar-refractivity contribution in [3.05, 3.63) is 33.9 Å². The fourth-order valence-electron chi connectivity index (χ4n) is 1.62. The summed E-state index contributed by atoms with van der Waals surface area (Å²) in [4.78, 5) is 35.8. The van der Waals surface area contributed by atoms with Gasteiger partial charge < -0.3 is 9.64 Å². The van der Waals surface area contributed by atoms with Crippen LogP contribution in [-0.2, 0) is 9.53 Å². The number of hydrogen-bond donors (Lipinski definition) is 0. The summed E-state index contributed by atoms with van der Waals surface area (Å²) in [5.74, 6) is -0.984. The van der Waals surface area contributed by atoms with E-state index in [9.17, 15) is 19.7 Å². The average molecular weight is 308 g/mol. The van der Waals surface area contributed by atoms with E-state index in [0.29, 0.717) is 5.69 Å². The minimum Gasteiger partial charge on any atom is -0.454 e. The second-order valence-corrected chi connectivity index (χ2v) is 6.10. The number of nitrogens with zero attached hydrogens (tertiary/aromatic N) is 2. The summed E-state index contributed by atoms with van der Waals surface area (Å²) in [5.41, 5.74) is -0.285. The van der Waals surface area contributed by atoms with Gasteiger partial charge in [0, 0.05) is 31.6 Å². The zero-order valence-electron chi connectivity index (χ0n) is 13.4. The third kappa shape index (κ3) is 4.28. The van der Waals surface area contributed by atoms with Gasteiger partial charge in [-0.1, -0.05) is 20.8 Å². The van der Waals surface area contributed by atoms with E-state index in [1.165, 1.54) is 12.1 Å². The van der Waals surface area contributed by atoms with E-state index < -0.39 is 16.3 Å². The molecular weight excluding hydrogens is 288 g/mol. The molecule has 0 bridgehead atoms. The summed E-state index contributed by atoms with van der Waals surface area (Å²) in [6, 6.07) is 3.94. The van der Waals surface area contributed by atoms with E-state index in [1.54, 1.807) is 39.8 Å². The number of carbonyl (C=O) groups excluding carboxylic acids is 2. The number of Topliss-reactive ketones (excluding diaryl/α,β-unsaturated/α-hetero) is 1. The van der Waals surface area contributed by atoms with Gasteiger partial charge in [-0.25, -0.2) is 4.79 Å². The standard InChI is InChI=1S/C15H20N2O5/c1-15(2,3)13(18)9-22-14(19)11-8-10(17(20)21)6-7-12(11)16(4)5/h6-8H,9H2,1-5H3. The van der Waals surface area contributed by atoms with Gasteiger partial charge in [0.15, 0.2) is 12.4 Å². The van der Waals surface area contributed by atoms with Gasteiger partial charge in [-0.3, -0.25) is 14.9 Å². The van der Waals surface area contributed by atoms with Gasteiger partial charge in [-0.2, -0.15) is 0 Å². The molecule has 0 saturated heterocycles. The fourth-order valence-corrected chi connectivity index (χ4v) is 1.62. The SMILES string of the molecule is CN(C)c1ccc([N+](=O)[O-])cc1C(=O)OCC(=O)C(C)(C)C. The first-order chi connectivity index (χ1) is 10.0. The van der Waals surface area contributed by atoms with Gasteiger partial charge in [0.1, 0.15) is 0 Å². The first kappa shape index (κ1) is 17.6. The number of rotatable bonds is 5. The molecule has 0 aromatic heterocycles. The molecule has 0 unspecified atom stereocenters. The zero-order valence-corrected chi connectivity index (χ0v) is 13.4. The Labute approximate surface area is 129 Å². The summed E-state index contributed by atoms with van der Waals surface area (Å²) in [6.07, 6.45) is 0. The van der Waals surface area contributed by atoms with Gasteiger partial charge in [-0.05, 0) is 6.07 Å². The minimum absolute atomic E-state index is 0.0564.